The number of benzene rings is 1. The van der Waals surface area contributed by atoms with Crippen LogP contribution in [0.5, 0.6) is 5.75 Å². The zero-order valence-electron chi connectivity index (χ0n) is 8.27. The van der Waals surface area contributed by atoms with E-state index >= 15 is 0 Å². The maximum absolute atomic E-state index is 5.61. The highest BCUT2D eigenvalue weighted by atomic mass is 16.5. The van der Waals surface area contributed by atoms with Gasteiger partial charge in [0.05, 0.1) is 13.7 Å². The van der Waals surface area contributed by atoms with Crippen LogP contribution in [0.2, 0.25) is 0 Å². The van der Waals surface area contributed by atoms with Gasteiger partial charge in [-0.25, -0.2) is 0 Å². The summed E-state index contributed by atoms with van der Waals surface area (Å²) in [5.74, 6) is 0.883. The molecule has 0 fully saturated rings. The Morgan fingerprint density at radius 2 is 2.07 bits per heavy atom. The van der Waals surface area contributed by atoms with Crippen LogP contribution in [0.15, 0.2) is 36.4 Å². The lowest BCUT2D eigenvalue weighted by atomic mass is 10.1. The highest BCUT2D eigenvalue weighted by Gasteiger charge is 2.10. The van der Waals surface area contributed by atoms with Crippen molar-refractivity contribution in [1.29, 1.82) is 0 Å². The van der Waals surface area contributed by atoms with E-state index in [4.69, 9.17) is 9.47 Å². The molecule has 14 heavy (non-hydrogen) atoms. The number of hydrogen-bond acceptors (Lipinski definition) is 2. The van der Waals surface area contributed by atoms with Gasteiger partial charge in [-0.1, -0.05) is 24.3 Å². The SMILES string of the molecule is COc1ccc(C2C=CCCO2)cc1. The zero-order chi connectivity index (χ0) is 9.80. The summed E-state index contributed by atoms with van der Waals surface area (Å²) >= 11 is 0. The van der Waals surface area contributed by atoms with Crippen LogP contribution >= 0.6 is 0 Å². The first-order valence-electron chi connectivity index (χ1n) is 4.82. The Morgan fingerprint density at radius 1 is 1.29 bits per heavy atom. The number of rotatable bonds is 2. The minimum absolute atomic E-state index is 0.120. The summed E-state index contributed by atoms with van der Waals surface area (Å²) in [4.78, 5) is 0. The van der Waals surface area contributed by atoms with E-state index in [2.05, 4.69) is 12.2 Å². The molecular formula is C12H14O2. The molecular weight excluding hydrogens is 176 g/mol. The van der Waals surface area contributed by atoms with E-state index in [1.165, 1.54) is 5.56 Å². The Hall–Kier alpha value is -1.28. The minimum atomic E-state index is 0.120. The normalized spacial score (nSPS) is 20.8. The van der Waals surface area contributed by atoms with E-state index in [0.29, 0.717) is 0 Å². The first-order valence-corrected chi connectivity index (χ1v) is 4.82. The van der Waals surface area contributed by atoms with Crippen molar-refractivity contribution >= 4 is 0 Å². The second kappa shape index (κ2) is 4.29. The number of methoxy groups -OCH3 is 1. The van der Waals surface area contributed by atoms with Crippen molar-refractivity contribution < 1.29 is 9.47 Å². The molecule has 1 atom stereocenters. The van der Waals surface area contributed by atoms with Gasteiger partial charge in [-0.2, -0.15) is 0 Å². The molecule has 1 aromatic rings. The first kappa shape index (κ1) is 9.28. The number of hydrogen-bond donors (Lipinski definition) is 0. The Balaban J connectivity index is 2.15. The molecule has 0 aromatic heterocycles. The van der Waals surface area contributed by atoms with Gasteiger partial charge in [0.15, 0.2) is 0 Å². The van der Waals surface area contributed by atoms with Crippen molar-refractivity contribution in [3.05, 3.63) is 42.0 Å². The molecule has 0 spiro atoms. The van der Waals surface area contributed by atoms with Gasteiger partial charge >= 0.3 is 0 Å². The van der Waals surface area contributed by atoms with Crippen molar-refractivity contribution in [1.82, 2.24) is 0 Å². The van der Waals surface area contributed by atoms with Crippen LogP contribution in [0, 0.1) is 0 Å². The third kappa shape index (κ3) is 1.96. The molecule has 1 heterocycles. The maximum atomic E-state index is 5.61. The Morgan fingerprint density at radius 3 is 2.64 bits per heavy atom. The summed E-state index contributed by atoms with van der Waals surface area (Å²) in [5.41, 5.74) is 1.18. The second-order valence-corrected chi connectivity index (χ2v) is 3.28. The molecule has 0 amide bonds. The molecule has 0 radical (unpaired) electrons. The molecule has 0 saturated heterocycles. The van der Waals surface area contributed by atoms with Crippen molar-refractivity contribution in [3.63, 3.8) is 0 Å². The zero-order valence-corrected chi connectivity index (χ0v) is 8.27. The third-order valence-electron chi connectivity index (χ3n) is 2.34. The largest absolute Gasteiger partial charge is 0.497 e. The molecule has 0 bridgehead atoms. The summed E-state index contributed by atoms with van der Waals surface area (Å²) in [6.45, 7) is 0.813. The molecule has 0 aliphatic carbocycles. The van der Waals surface area contributed by atoms with Crippen molar-refractivity contribution in [2.24, 2.45) is 0 Å². The molecule has 1 aliphatic heterocycles. The van der Waals surface area contributed by atoms with Crippen molar-refractivity contribution in [2.45, 2.75) is 12.5 Å². The Labute approximate surface area is 84.2 Å². The average Bonchev–Trinajstić information content (AvgIpc) is 2.30. The summed E-state index contributed by atoms with van der Waals surface area (Å²) in [7, 11) is 1.67. The standard InChI is InChI=1S/C12H14O2/c1-13-11-7-5-10(6-8-11)12-4-2-3-9-14-12/h2,4-8,12H,3,9H2,1H3. The average molecular weight is 190 g/mol. The third-order valence-corrected chi connectivity index (χ3v) is 2.34. The summed E-state index contributed by atoms with van der Waals surface area (Å²) in [6.07, 6.45) is 5.41. The van der Waals surface area contributed by atoms with Crippen LogP contribution < -0.4 is 4.74 Å². The Kier molecular flexibility index (Phi) is 2.84. The number of ether oxygens (including phenoxy) is 2. The monoisotopic (exact) mass is 190 g/mol. The van der Waals surface area contributed by atoms with Gasteiger partial charge in [-0.15, -0.1) is 0 Å². The molecule has 1 aliphatic rings. The highest BCUT2D eigenvalue weighted by Crippen LogP contribution is 2.24. The summed E-state index contributed by atoms with van der Waals surface area (Å²) < 4.78 is 10.7. The van der Waals surface area contributed by atoms with Gasteiger partial charge in [0.2, 0.25) is 0 Å². The lowest BCUT2D eigenvalue weighted by Crippen LogP contribution is -2.06. The second-order valence-electron chi connectivity index (χ2n) is 3.28. The van der Waals surface area contributed by atoms with Gasteiger partial charge in [0, 0.05) is 0 Å². The summed E-state index contributed by atoms with van der Waals surface area (Å²) in [6, 6.07) is 8.00. The molecule has 0 N–H and O–H groups in total. The maximum Gasteiger partial charge on any atom is 0.118 e. The minimum Gasteiger partial charge on any atom is -0.497 e. The van der Waals surface area contributed by atoms with E-state index in [9.17, 15) is 0 Å². The van der Waals surface area contributed by atoms with Crippen LogP contribution in [0.1, 0.15) is 18.1 Å². The van der Waals surface area contributed by atoms with Crippen molar-refractivity contribution in [3.8, 4) is 5.75 Å². The molecule has 2 nitrogen and oxygen atoms in total. The molecule has 74 valence electrons. The van der Waals surface area contributed by atoms with E-state index in [-0.39, 0.29) is 6.10 Å². The molecule has 1 unspecified atom stereocenters. The first-order chi connectivity index (χ1) is 6.90. The van der Waals surface area contributed by atoms with Crippen LogP contribution in [0.3, 0.4) is 0 Å². The lowest BCUT2D eigenvalue weighted by molar-refractivity contribution is 0.0800. The summed E-state index contributed by atoms with van der Waals surface area (Å²) in [5, 5.41) is 0. The lowest BCUT2D eigenvalue weighted by Gasteiger charge is -2.17. The van der Waals surface area contributed by atoms with E-state index in [0.717, 1.165) is 18.8 Å². The highest BCUT2D eigenvalue weighted by molar-refractivity contribution is 5.30. The quantitative estimate of drug-likeness (QED) is 0.667. The fourth-order valence-corrected chi connectivity index (χ4v) is 1.54. The topological polar surface area (TPSA) is 18.5 Å². The predicted octanol–water partition coefficient (Wildman–Crippen LogP) is 2.71. The smallest absolute Gasteiger partial charge is 0.118 e. The van der Waals surface area contributed by atoms with E-state index in [1.807, 2.05) is 24.3 Å². The van der Waals surface area contributed by atoms with Gasteiger partial charge < -0.3 is 9.47 Å². The fraction of sp³-hybridized carbons (Fsp3) is 0.333. The molecule has 0 saturated carbocycles. The van der Waals surface area contributed by atoms with Gasteiger partial charge in [-0.3, -0.25) is 0 Å². The van der Waals surface area contributed by atoms with E-state index < -0.39 is 0 Å². The van der Waals surface area contributed by atoms with Crippen LogP contribution in [0.4, 0.5) is 0 Å². The van der Waals surface area contributed by atoms with Crippen LogP contribution in [0.25, 0.3) is 0 Å². The predicted molar refractivity (Wildman–Crippen MR) is 55.4 cm³/mol. The molecule has 1 aromatic carbocycles. The van der Waals surface area contributed by atoms with E-state index in [1.54, 1.807) is 7.11 Å². The van der Waals surface area contributed by atoms with Crippen molar-refractivity contribution in [2.75, 3.05) is 13.7 Å². The van der Waals surface area contributed by atoms with Crippen LogP contribution in [-0.2, 0) is 4.74 Å². The van der Waals surface area contributed by atoms with Gasteiger partial charge in [0.1, 0.15) is 11.9 Å². The van der Waals surface area contributed by atoms with Crippen LogP contribution in [-0.4, -0.2) is 13.7 Å². The van der Waals surface area contributed by atoms with Gasteiger partial charge in [-0.05, 0) is 24.1 Å². The fourth-order valence-electron chi connectivity index (χ4n) is 1.54. The Bertz CT molecular complexity index is 314. The molecule has 2 rings (SSSR count). The van der Waals surface area contributed by atoms with Gasteiger partial charge in [0.25, 0.3) is 0 Å². The molecule has 2 heteroatoms.